The third-order valence-electron chi connectivity index (χ3n) is 4.19. The monoisotopic (exact) mass is 481 g/mol. The molecule has 0 aliphatic carbocycles. The van der Waals surface area contributed by atoms with Gasteiger partial charge in [0.15, 0.2) is 0 Å². The van der Waals surface area contributed by atoms with E-state index in [4.69, 9.17) is 4.74 Å². The van der Waals surface area contributed by atoms with Crippen molar-refractivity contribution in [3.05, 3.63) is 88.4 Å². The Labute approximate surface area is 187 Å². The zero-order chi connectivity index (χ0) is 22.2. The number of hydrogen-bond acceptors (Lipinski definition) is 5. The minimum Gasteiger partial charge on any atom is -0.508 e. The largest absolute Gasteiger partial charge is 0.508 e. The number of methoxy groups -OCH3 is 1. The Morgan fingerprint density at radius 1 is 1.03 bits per heavy atom. The minimum absolute atomic E-state index is 0.0438. The van der Waals surface area contributed by atoms with E-state index in [2.05, 4.69) is 31.8 Å². The lowest BCUT2D eigenvalue weighted by Gasteiger charge is -2.08. The number of hydrogen-bond donors (Lipinski definition) is 4. The van der Waals surface area contributed by atoms with Crippen LogP contribution in [0.4, 0.5) is 10.5 Å². The number of urea groups is 1. The molecule has 0 bridgehead atoms. The Morgan fingerprint density at radius 3 is 2.42 bits per heavy atom. The van der Waals surface area contributed by atoms with Crippen molar-refractivity contribution >= 4 is 39.4 Å². The fourth-order valence-electron chi connectivity index (χ4n) is 2.61. The van der Waals surface area contributed by atoms with Crippen molar-refractivity contribution in [2.24, 2.45) is 5.10 Å². The summed E-state index contributed by atoms with van der Waals surface area (Å²) in [4.78, 5) is 12.2. The molecule has 0 aliphatic rings. The fraction of sp³-hybridized carbons (Fsp3) is 0.0435. The molecular formula is C23H20BrN3O4. The van der Waals surface area contributed by atoms with Crippen molar-refractivity contribution in [2.75, 3.05) is 12.4 Å². The van der Waals surface area contributed by atoms with Gasteiger partial charge in [-0.3, -0.25) is 0 Å². The zero-order valence-corrected chi connectivity index (χ0v) is 18.1. The van der Waals surface area contributed by atoms with Gasteiger partial charge in [-0.15, -0.1) is 0 Å². The SMILES string of the molecule is COc1ccc(/C=C/C(=N\NC(=O)Nc2ccc(Br)cc2)c2cc(O)ccc2O)cc1. The van der Waals surface area contributed by atoms with E-state index in [0.29, 0.717) is 5.69 Å². The summed E-state index contributed by atoms with van der Waals surface area (Å²) < 4.78 is 6.04. The van der Waals surface area contributed by atoms with Gasteiger partial charge in [0.05, 0.1) is 12.8 Å². The van der Waals surface area contributed by atoms with Crippen molar-refractivity contribution in [2.45, 2.75) is 0 Å². The lowest BCUT2D eigenvalue weighted by molar-refractivity contribution is 0.252. The Balaban J connectivity index is 1.83. The summed E-state index contributed by atoms with van der Waals surface area (Å²) in [6.07, 6.45) is 3.38. The number of phenolic OH excluding ortho intramolecular Hbond substituents is 2. The van der Waals surface area contributed by atoms with E-state index >= 15 is 0 Å². The number of rotatable bonds is 6. The minimum atomic E-state index is -0.558. The van der Waals surface area contributed by atoms with Crippen molar-refractivity contribution in [3.63, 3.8) is 0 Å². The molecular weight excluding hydrogens is 462 g/mol. The van der Waals surface area contributed by atoms with Crippen molar-refractivity contribution in [1.82, 2.24) is 5.43 Å². The fourth-order valence-corrected chi connectivity index (χ4v) is 2.87. The Morgan fingerprint density at radius 2 is 1.74 bits per heavy atom. The van der Waals surface area contributed by atoms with E-state index in [0.717, 1.165) is 15.8 Å². The average molecular weight is 482 g/mol. The highest BCUT2D eigenvalue weighted by atomic mass is 79.9. The maximum absolute atomic E-state index is 12.2. The van der Waals surface area contributed by atoms with Gasteiger partial charge in [-0.25, -0.2) is 10.2 Å². The normalized spacial score (nSPS) is 11.4. The van der Waals surface area contributed by atoms with E-state index in [9.17, 15) is 15.0 Å². The molecule has 7 nitrogen and oxygen atoms in total. The molecule has 0 spiro atoms. The van der Waals surface area contributed by atoms with Gasteiger partial charge in [-0.1, -0.05) is 34.1 Å². The summed E-state index contributed by atoms with van der Waals surface area (Å²) in [5.74, 6) is 0.589. The van der Waals surface area contributed by atoms with Crippen LogP contribution >= 0.6 is 15.9 Å². The summed E-state index contributed by atoms with van der Waals surface area (Å²) >= 11 is 3.34. The summed E-state index contributed by atoms with van der Waals surface area (Å²) in [5, 5.41) is 26.8. The first-order valence-electron chi connectivity index (χ1n) is 9.19. The number of nitrogens with one attached hydrogen (secondary N) is 2. The number of benzene rings is 3. The number of hydrazone groups is 1. The highest BCUT2D eigenvalue weighted by Crippen LogP contribution is 2.24. The van der Waals surface area contributed by atoms with Gasteiger partial charge >= 0.3 is 6.03 Å². The number of aromatic hydroxyl groups is 2. The van der Waals surface area contributed by atoms with Crippen LogP contribution in [0.5, 0.6) is 17.2 Å². The van der Waals surface area contributed by atoms with E-state index in [1.165, 1.54) is 18.2 Å². The van der Waals surface area contributed by atoms with Gasteiger partial charge in [0, 0.05) is 15.7 Å². The zero-order valence-electron chi connectivity index (χ0n) is 16.5. The van der Waals surface area contributed by atoms with Crippen molar-refractivity contribution in [3.8, 4) is 17.2 Å². The molecule has 158 valence electrons. The summed E-state index contributed by atoms with van der Waals surface area (Å²) in [6.45, 7) is 0. The molecule has 8 heteroatoms. The van der Waals surface area contributed by atoms with E-state index in [1.54, 1.807) is 43.5 Å². The lowest BCUT2D eigenvalue weighted by Crippen LogP contribution is -2.25. The van der Waals surface area contributed by atoms with Crippen LogP contribution in [0.15, 0.2) is 82.4 Å². The Bertz CT molecular complexity index is 1110. The number of amides is 2. The molecule has 0 unspecified atom stereocenters. The van der Waals surface area contributed by atoms with Crippen LogP contribution in [-0.2, 0) is 0 Å². The second kappa shape index (κ2) is 10.3. The molecule has 0 saturated carbocycles. The second-order valence-electron chi connectivity index (χ2n) is 6.38. The average Bonchev–Trinajstić information content (AvgIpc) is 2.77. The van der Waals surface area contributed by atoms with Crippen molar-refractivity contribution in [1.29, 1.82) is 0 Å². The van der Waals surface area contributed by atoms with Gasteiger partial charge in [-0.05, 0) is 66.2 Å². The van der Waals surface area contributed by atoms with E-state index in [-0.39, 0.29) is 22.8 Å². The van der Waals surface area contributed by atoms with Crippen LogP contribution in [0.1, 0.15) is 11.1 Å². The predicted molar refractivity (Wildman–Crippen MR) is 125 cm³/mol. The van der Waals surface area contributed by atoms with Gasteiger partial charge in [0.2, 0.25) is 0 Å². The van der Waals surface area contributed by atoms with E-state index in [1.807, 2.05) is 24.3 Å². The van der Waals surface area contributed by atoms with Gasteiger partial charge < -0.3 is 20.3 Å². The molecule has 0 atom stereocenters. The number of carbonyl (C=O) groups is 1. The second-order valence-corrected chi connectivity index (χ2v) is 7.29. The predicted octanol–water partition coefficient (Wildman–Crippen LogP) is 5.11. The Hall–Kier alpha value is -3.78. The number of nitrogens with zero attached hydrogens (tertiary/aromatic N) is 1. The van der Waals surface area contributed by atoms with Crippen LogP contribution in [0.25, 0.3) is 6.08 Å². The number of ether oxygens (including phenoxy) is 1. The highest BCUT2D eigenvalue weighted by molar-refractivity contribution is 9.10. The number of anilines is 1. The molecule has 0 heterocycles. The molecule has 0 aliphatic heterocycles. The van der Waals surface area contributed by atoms with Gasteiger partial charge in [0.25, 0.3) is 0 Å². The van der Waals surface area contributed by atoms with Gasteiger partial charge in [-0.2, -0.15) is 5.10 Å². The molecule has 3 aromatic carbocycles. The molecule has 0 saturated heterocycles. The maximum atomic E-state index is 12.2. The quantitative estimate of drug-likeness (QED) is 0.223. The molecule has 3 aromatic rings. The smallest absolute Gasteiger partial charge is 0.339 e. The third kappa shape index (κ3) is 6.35. The summed E-state index contributed by atoms with van der Waals surface area (Å²) in [7, 11) is 1.59. The maximum Gasteiger partial charge on any atom is 0.339 e. The number of allylic oxidation sites excluding steroid dienone is 1. The molecule has 0 fully saturated rings. The molecule has 31 heavy (non-hydrogen) atoms. The van der Waals surface area contributed by atoms with Crippen molar-refractivity contribution < 1.29 is 19.7 Å². The lowest BCUT2D eigenvalue weighted by atomic mass is 10.1. The summed E-state index contributed by atoms with van der Waals surface area (Å²) in [6, 6.07) is 17.9. The number of carbonyl (C=O) groups excluding carboxylic acids is 1. The van der Waals surface area contributed by atoms with Crippen LogP contribution in [0.3, 0.4) is 0 Å². The summed E-state index contributed by atoms with van der Waals surface area (Å²) in [5.41, 5.74) is 4.35. The topological polar surface area (TPSA) is 103 Å². The van der Waals surface area contributed by atoms with Crippen LogP contribution in [-0.4, -0.2) is 29.1 Å². The Kier molecular flexibility index (Phi) is 7.29. The van der Waals surface area contributed by atoms with E-state index < -0.39 is 6.03 Å². The number of phenols is 2. The molecule has 0 radical (unpaired) electrons. The standard InChI is InChI=1S/C23H20BrN3O4/c1-31-19-10-2-15(3-11-19)4-12-21(20-14-18(28)9-13-22(20)29)26-27-23(30)25-17-7-5-16(24)6-8-17/h2-14,28-29H,1H3,(H2,25,27,30)/b12-4+,26-21+. The number of halogens is 1. The van der Waals surface area contributed by atoms with Gasteiger partial charge in [0.1, 0.15) is 17.2 Å². The van der Waals surface area contributed by atoms with Crippen LogP contribution in [0.2, 0.25) is 0 Å². The third-order valence-corrected chi connectivity index (χ3v) is 4.71. The first-order chi connectivity index (χ1) is 14.9. The molecule has 3 rings (SSSR count). The first-order valence-corrected chi connectivity index (χ1v) is 9.98. The van der Waals surface area contributed by atoms with Crippen LogP contribution in [0, 0.1) is 0 Å². The first kappa shape index (κ1) is 21.9. The van der Waals surface area contributed by atoms with Crippen LogP contribution < -0.4 is 15.5 Å². The highest BCUT2D eigenvalue weighted by Gasteiger charge is 2.09. The molecule has 2 amide bonds. The molecule has 4 N–H and O–H groups in total. The molecule has 0 aromatic heterocycles.